The average molecular weight is 227 g/mol. The number of aromatic nitrogens is 2. The van der Waals surface area contributed by atoms with Crippen molar-refractivity contribution >= 4 is 0 Å². The predicted octanol–water partition coefficient (Wildman–Crippen LogP) is 2.73. The monoisotopic (exact) mass is 227 g/mol. The van der Waals surface area contributed by atoms with E-state index in [1.54, 1.807) is 6.20 Å². The van der Waals surface area contributed by atoms with Crippen molar-refractivity contribution in [1.29, 1.82) is 0 Å². The molecule has 3 nitrogen and oxygen atoms in total. The topological polar surface area (TPSA) is 51.8 Å². The van der Waals surface area contributed by atoms with E-state index < -0.39 is 0 Å². The summed E-state index contributed by atoms with van der Waals surface area (Å²) in [7, 11) is 0. The van der Waals surface area contributed by atoms with E-state index in [4.69, 9.17) is 5.73 Å². The molecular formula is C14H17N3. The third-order valence-electron chi connectivity index (χ3n) is 2.76. The Balaban J connectivity index is 2.32. The molecule has 0 aliphatic heterocycles. The number of nitrogens with zero attached hydrogens (tertiary/aromatic N) is 2. The summed E-state index contributed by atoms with van der Waals surface area (Å²) < 4.78 is 0. The van der Waals surface area contributed by atoms with Gasteiger partial charge in [-0.3, -0.25) is 0 Å². The van der Waals surface area contributed by atoms with Crippen LogP contribution in [-0.2, 0) is 6.54 Å². The van der Waals surface area contributed by atoms with Crippen LogP contribution in [-0.4, -0.2) is 9.97 Å². The molecule has 0 aliphatic rings. The van der Waals surface area contributed by atoms with Gasteiger partial charge in [-0.2, -0.15) is 0 Å². The van der Waals surface area contributed by atoms with Crippen molar-refractivity contribution < 1.29 is 0 Å². The zero-order chi connectivity index (χ0) is 12.3. The lowest BCUT2D eigenvalue weighted by Crippen LogP contribution is -2.01. The molecule has 1 aromatic heterocycles. The van der Waals surface area contributed by atoms with Crippen LogP contribution < -0.4 is 5.73 Å². The maximum absolute atomic E-state index is 5.57. The first-order valence-electron chi connectivity index (χ1n) is 5.83. The maximum atomic E-state index is 5.57. The standard InChI is InChI=1S/C14H17N3/c1-10(2)11-3-5-12(6-4-11)14-16-8-7-13(9-15)17-14/h3-8,10H,9,15H2,1-2H3. The Morgan fingerprint density at radius 3 is 2.41 bits per heavy atom. The molecule has 0 saturated heterocycles. The minimum atomic E-state index is 0.444. The largest absolute Gasteiger partial charge is 0.325 e. The average Bonchev–Trinajstić information content (AvgIpc) is 2.39. The molecule has 0 spiro atoms. The normalized spacial score (nSPS) is 10.8. The maximum Gasteiger partial charge on any atom is 0.159 e. The van der Waals surface area contributed by atoms with Crippen LogP contribution in [0.1, 0.15) is 31.0 Å². The fraction of sp³-hybridized carbons (Fsp3) is 0.286. The quantitative estimate of drug-likeness (QED) is 0.877. The van der Waals surface area contributed by atoms with E-state index in [1.165, 1.54) is 5.56 Å². The summed E-state index contributed by atoms with van der Waals surface area (Å²) in [5, 5.41) is 0. The molecule has 0 amide bonds. The molecule has 2 N–H and O–H groups in total. The highest BCUT2D eigenvalue weighted by molar-refractivity contribution is 5.55. The van der Waals surface area contributed by atoms with Gasteiger partial charge in [0.05, 0.1) is 5.69 Å². The lowest BCUT2D eigenvalue weighted by atomic mass is 10.0. The molecule has 0 saturated carbocycles. The Morgan fingerprint density at radius 1 is 1.12 bits per heavy atom. The summed E-state index contributed by atoms with van der Waals surface area (Å²) in [5.41, 5.74) is 8.79. The highest BCUT2D eigenvalue weighted by atomic mass is 14.9. The van der Waals surface area contributed by atoms with Crippen molar-refractivity contribution in [1.82, 2.24) is 9.97 Å². The molecule has 17 heavy (non-hydrogen) atoms. The Labute approximate surface area is 102 Å². The van der Waals surface area contributed by atoms with Crippen LogP contribution in [0.25, 0.3) is 11.4 Å². The smallest absolute Gasteiger partial charge is 0.159 e. The van der Waals surface area contributed by atoms with E-state index in [9.17, 15) is 0 Å². The summed E-state index contributed by atoms with van der Waals surface area (Å²) >= 11 is 0. The van der Waals surface area contributed by atoms with E-state index in [0.717, 1.165) is 17.1 Å². The molecule has 88 valence electrons. The van der Waals surface area contributed by atoms with Crippen LogP contribution in [0.2, 0.25) is 0 Å². The zero-order valence-corrected chi connectivity index (χ0v) is 10.2. The van der Waals surface area contributed by atoms with Gasteiger partial charge in [-0.05, 0) is 17.5 Å². The van der Waals surface area contributed by atoms with Crippen LogP contribution in [0, 0.1) is 0 Å². The molecule has 2 rings (SSSR count). The second-order valence-electron chi connectivity index (χ2n) is 4.35. The van der Waals surface area contributed by atoms with Crippen molar-refractivity contribution in [3.8, 4) is 11.4 Å². The summed E-state index contributed by atoms with van der Waals surface area (Å²) in [5.74, 6) is 1.28. The van der Waals surface area contributed by atoms with Gasteiger partial charge in [-0.15, -0.1) is 0 Å². The molecule has 0 radical (unpaired) electrons. The molecule has 1 heterocycles. The zero-order valence-electron chi connectivity index (χ0n) is 10.2. The first-order valence-corrected chi connectivity index (χ1v) is 5.83. The summed E-state index contributed by atoms with van der Waals surface area (Å²) in [4.78, 5) is 8.67. The second-order valence-corrected chi connectivity index (χ2v) is 4.35. The van der Waals surface area contributed by atoms with Crippen molar-refractivity contribution in [2.24, 2.45) is 5.73 Å². The van der Waals surface area contributed by atoms with Gasteiger partial charge in [-0.1, -0.05) is 38.1 Å². The van der Waals surface area contributed by atoms with Crippen LogP contribution in [0.4, 0.5) is 0 Å². The highest BCUT2D eigenvalue weighted by Gasteiger charge is 2.03. The van der Waals surface area contributed by atoms with Crippen LogP contribution >= 0.6 is 0 Å². The lowest BCUT2D eigenvalue weighted by Gasteiger charge is -2.06. The predicted molar refractivity (Wildman–Crippen MR) is 69.4 cm³/mol. The fourth-order valence-corrected chi connectivity index (χ4v) is 1.67. The second kappa shape index (κ2) is 5.06. The van der Waals surface area contributed by atoms with Crippen LogP contribution in [0.3, 0.4) is 0 Å². The minimum absolute atomic E-state index is 0.444. The van der Waals surface area contributed by atoms with Gasteiger partial charge < -0.3 is 5.73 Å². The van der Waals surface area contributed by atoms with Gasteiger partial charge in [0, 0.05) is 18.3 Å². The van der Waals surface area contributed by atoms with Gasteiger partial charge in [0.1, 0.15) is 0 Å². The van der Waals surface area contributed by atoms with Gasteiger partial charge in [0.15, 0.2) is 5.82 Å². The minimum Gasteiger partial charge on any atom is -0.325 e. The molecule has 0 bridgehead atoms. The number of benzene rings is 1. The van der Waals surface area contributed by atoms with Gasteiger partial charge in [0.2, 0.25) is 0 Å². The Morgan fingerprint density at radius 2 is 1.82 bits per heavy atom. The highest BCUT2D eigenvalue weighted by Crippen LogP contribution is 2.19. The van der Waals surface area contributed by atoms with Crippen molar-refractivity contribution in [2.45, 2.75) is 26.3 Å². The number of rotatable bonds is 3. The van der Waals surface area contributed by atoms with E-state index in [0.29, 0.717) is 12.5 Å². The van der Waals surface area contributed by atoms with Crippen LogP contribution in [0.15, 0.2) is 36.5 Å². The molecule has 0 atom stereocenters. The molecule has 0 aliphatic carbocycles. The van der Waals surface area contributed by atoms with Crippen molar-refractivity contribution in [3.05, 3.63) is 47.8 Å². The number of nitrogens with two attached hydrogens (primary N) is 1. The van der Waals surface area contributed by atoms with Gasteiger partial charge in [-0.25, -0.2) is 9.97 Å². The van der Waals surface area contributed by atoms with Crippen molar-refractivity contribution in [2.75, 3.05) is 0 Å². The lowest BCUT2D eigenvalue weighted by molar-refractivity contribution is 0.866. The molecule has 0 fully saturated rings. The van der Waals surface area contributed by atoms with E-state index in [1.807, 2.05) is 6.07 Å². The summed E-state index contributed by atoms with van der Waals surface area (Å²) in [6.45, 7) is 4.81. The van der Waals surface area contributed by atoms with Crippen LogP contribution in [0.5, 0.6) is 0 Å². The summed E-state index contributed by atoms with van der Waals surface area (Å²) in [6.07, 6.45) is 1.75. The first-order chi connectivity index (χ1) is 8.20. The van der Waals surface area contributed by atoms with E-state index in [2.05, 4.69) is 48.1 Å². The molecular weight excluding hydrogens is 210 g/mol. The molecule has 2 aromatic rings. The van der Waals surface area contributed by atoms with E-state index >= 15 is 0 Å². The summed E-state index contributed by atoms with van der Waals surface area (Å²) in [6, 6.07) is 10.2. The number of hydrogen-bond acceptors (Lipinski definition) is 3. The third-order valence-corrected chi connectivity index (χ3v) is 2.76. The third kappa shape index (κ3) is 2.68. The van der Waals surface area contributed by atoms with Crippen molar-refractivity contribution in [3.63, 3.8) is 0 Å². The van der Waals surface area contributed by atoms with E-state index in [-0.39, 0.29) is 0 Å². The molecule has 1 aromatic carbocycles. The Hall–Kier alpha value is -1.74. The van der Waals surface area contributed by atoms with Gasteiger partial charge >= 0.3 is 0 Å². The van der Waals surface area contributed by atoms with Gasteiger partial charge in [0.25, 0.3) is 0 Å². The Kier molecular flexibility index (Phi) is 3.49. The fourth-order valence-electron chi connectivity index (χ4n) is 1.67. The first kappa shape index (κ1) is 11.7. The number of hydrogen-bond donors (Lipinski definition) is 1. The Bertz CT molecular complexity index is 489. The molecule has 3 heteroatoms. The SMILES string of the molecule is CC(C)c1ccc(-c2nccc(CN)n2)cc1. The molecule has 0 unspecified atom stereocenters.